The molecular formula is C28H27F3N6O. The molecule has 0 atom stereocenters. The lowest BCUT2D eigenvalue weighted by atomic mass is 10.1. The van der Waals surface area contributed by atoms with Crippen LogP contribution in [0.3, 0.4) is 0 Å². The third kappa shape index (κ3) is 5.55. The van der Waals surface area contributed by atoms with Crippen molar-refractivity contribution in [3.63, 3.8) is 0 Å². The van der Waals surface area contributed by atoms with Crippen molar-refractivity contribution in [2.24, 2.45) is 0 Å². The Morgan fingerprint density at radius 3 is 2.42 bits per heavy atom. The number of piperazine rings is 1. The van der Waals surface area contributed by atoms with E-state index in [1.54, 1.807) is 10.7 Å². The molecule has 1 amide bonds. The van der Waals surface area contributed by atoms with Gasteiger partial charge in [0.2, 0.25) is 0 Å². The molecule has 0 spiro atoms. The van der Waals surface area contributed by atoms with E-state index in [0.717, 1.165) is 28.6 Å². The van der Waals surface area contributed by atoms with E-state index in [1.807, 2.05) is 42.2 Å². The number of carbonyl (C=O) groups is 1. The Balaban J connectivity index is 1.35. The monoisotopic (exact) mass is 520 g/mol. The van der Waals surface area contributed by atoms with Gasteiger partial charge in [-0.3, -0.25) is 24.8 Å². The van der Waals surface area contributed by atoms with Crippen molar-refractivity contribution < 1.29 is 18.0 Å². The van der Waals surface area contributed by atoms with Crippen molar-refractivity contribution in [3.8, 4) is 11.3 Å². The minimum atomic E-state index is -4.36. The van der Waals surface area contributed by atoms with Gasteiger partial charge in [0.15, 0.2) is 0 Å². The number of aromatic nitrogens is 3. The first-order chi connectivity index (χ1) is 18.3. The Morgan fingerprint density at radius 1 is 0.974 bits per heavy atom. The van der Waals surface area contributed by atoms with Crippen LogP contribution in [0, 0.1) is 6.92 Å². The number of aryl methyl sites for hydroxylation is 1. The van der Waals surface area contributed by atoms with Crippen LogP contribution >= 0.6 is 0 Å². The van der Waals surface area contributed by atoms with E-state index in [1.165, 1.54) is 30.7 Å². The van der Waals surface area contributed by atoms with Crippen LogP contribution in [0.4, 0.5) is 18.9 Å². The van der Waals surface area contributed by atoms with Crippen LogP contribution < -0.4 is 10.3 Å². The van der Waals surface area contributed by atoms with Crippen LogP contribution in [0.15, 0.2) is 79.3 Å². The van der Waals surface area contributed by atoms with Gasteiger partial charge in [0, 0.05) is 62.1 Å². The third-order valence-electron chi connectivity index (χ3n) is 6.62. The summed E-state index contributed by atoms with van der Waals surface area (Å²) >= 11 is 0. The highest BCUT2D eigenvalue weighted by atomic mass is 19.4. The minimum Gasteiger partial charge on any atom is -0.369 e. The average molecular weight is 521 g/mol. The predicted octanol–water partition coefficient (Wildman–Crippen LogP) is 4.98. The first-order valence-corrected chi connectivity index (χ1v) is 12.3. The molecule has 2 aromatic heterocycles. The van der Waals surface area contributed by atoms with Gasteiger partial charge < -0.3 is 4.90 Å². The van der Waals surface area contributed by atoms with E-state index >= 15 is 0 Å². The second-order valence-corrected chi connectivity index (χ2v) is 9.20. The van der Waals surface area contributed by atoms with Crippen LogP contribution in [0.25, 0.3) is 11.3 Å². The number of amides is 1. The number of alkyl halides is 3. The smallest absolute Gasteiger partial charge is 0.369 e. The number of carbonyl (C=O) groups excluding carboxylic acids is 1. The molecule has 0 bridgehead atoms. The maximum Gasteiger partial charge on any atom is 0.416 e. The second kappa shape index (κ2) is 10.7. The van der Waals surface area contributed by atoms with Crippen LogP contribution in [-0.4, -0.2) is 51.6 Å². The van der Waals surface area contributed by atoms with Crippen molar-refractivity contribution >= 4 is 11.6 Å². The number of halogens is 3. The molecule has 3 heterocycles. The van der Waals surface area contributed by atoms with E-state index in [-0.39, 0.29) is 11.6 Å². The Hall–Kier alpha value is -4.18. The number of hydrogen-bond acceptors (Lipinski definition) is 5. The quantitative estimate of drug-likeness (QED) is 0.389. The number of nitrogens with zero attached hydrogens (tertiary/aromatic N) is 5. The van der Waals surface area contributed by atoms with Crippen molar-refractivity contribution in [1.29, 1.82) is 0 Å². The lowest BCUT2D eigenvalue weighted by Gasteiger charge is -2.36. The summed E-state index contributed by atoms with van der Waals surface area (Å²) in [7, 11) is 0. The number of benzene rings is 2. The standard InChI is InChI=1S/C28H27F3N6O/c1-20-16-22(19-35-12-14-36(15-13-35)24-9-5-8-23(17-24)28(29,30)31)26(21-6-3-2-4-7-21)37(20)34-27(38)25-18-32-10-11-33-25/h2-11,16-18H,12-15,19H2,1H3,(H,34,38). The Kier molecular flexibility index (Phi) is 7.15. The SMILES string of the molecule is Cc1cc(CN2CCN(c3cccc(C(F)(F)F)c3)CC2)c(-c2ccccc2)n1NC(=O)c1cnccn1. The summed E-state index contributed by atoms with van der Waals surface area (Å²) in [4.78, 5) is 25.2. The van der Waals surface area contributed by atoms with Gasteiger partial charge in [-0.2, -0.15) is 13.2 Å². The maximum atomic E-state index is 13.2. The molecule has 2 aromatic carbocycles. The second-order valence-electron chi connectivity index (χ2n) is 9.20. The van der Waals surface area contributed by atoms with Crippen molar-refractivity contribution in [3.05, 3.63) is 102 Å². The van der Waals surface area contributed by atoms with Crippen molar-refractivity contribution in [1.82, 2.24) is 19.5 Å². The number of hydrogen-bond donors (Lipinski definition) is 1. The molecule has 4 aromatic rings. The first kappa shape index (κ1) is 25.5. The normalized spacial score (nSPS) is 14.5. The van der Waals surface area contributed by atoms with Gasteiger partial charge in [0.05, 0.1) is 17.5 Å². The highest BCUT2D eigenvalue weighted by molar-refractivity contribution is 5.98. The van der Waals surface area contributed by atoms with Gasteiger partial charge in [-0.15, -0.1) is 0 Å². The molecule has 5 rings (SSSR count). The minimum absolute atomic E-state index is 0.215. The molecule has 10 heteroatoms. The summed E-state index contributed by atoms with van der Waals surface area (Å²) in [6.45, 7) is 5.19. The van der Waals surface area contributed by atoms with Crippen LogP contribution in [0.1, 0.15) is 27.3 Å². The van der Waals surface area contributed by atoms with Gasteiger partial charge in [-0.05, 0) is 36.8 Å². The molecule has 0 aliphatic carbocycles. The van der Waals surface area contributed by atoms with Gasteiger partial charge in [-0.1, -0.05) is 36.4 Å². The summed E-state index contributed by atoms with van der Waals surface area (Å²) < 4.78 is 41.3. The fourth-order valence-corrected chi connectivity index (χ4v) is 4.74. The molecule has 1 N–H and O–H groups in total. The number of nitrogens with one attached hydrogen (secondary N) is 1. The van der Waals surface area contributed by atoms with Crippen LogP contribution in [0.2, 0.25) is 0 Å². The Labute approximate surface area is 218 Å². The lowest BCUT2D eigenvalue weighted by Crippen LogP contribution is -2.46. The maximum absolute atomic E-state index is 13.2. The van der Waals surface area contributed by atoms with Crippen molar-refractivity contribution in [2.45, 2.75) is 19.6 Å². The van der Waals surface area contributed by atoms with Gasteiger partial charge >= 0.3 is 6.18 Å². The fourth-order valence-electron chi connectivity index (χ4n) is 4.74. The highest BCUT2D eigenvalue weighted by Crippen LogP contribution is 2.32. The summed E-state index contributed by atoms with van der Waals surface area (Å²) in [5, 5.41) is 0. The largest absolute Gasteiger partial charge is 0.416 e. The Bertz CT molecular complexity index is 1400. The zero-order chi connectivity index (χ0) is 26.7. The third-order valence-corrected chi connectivity index (χ3v) is 6.62. The molecule has 1 aliphatic heterocycles. The fraction of sp³-hybridized carbons (Fsp3) is 0.250. The van der Waals surface area contributed by atoms with E-state index in [0.29, 0.717) is 38.4 Å². The zero-order valence-corrected chi connectivity index (χ0v) is 20.8. The molecule has 1 aliphatic rings. The molecule has 0 unspecified atom stereocenters. The van der Waals surface area contributed by atoms with E-state index in [2.05, 4.69) is 26.4 Å². The van der Waals surface area contributed by atoms with Crippen molar-refractivity contribution in [2.75, 3.05) is 36.5 Å². The Morgan fingerprint density at radius 2 is 1.74 bits per heavy atom. The van der Waals surface area contributed by atoms with Gasteiger partial charge in [0.25, 0.3) is 5.91 Å². The topological polar surface area (TPSA) is 66.3 Å². The van der Waals surface area contributed by atoms with Gasteiger partial charge in [0.1, 0.15) is 5.69 Å². The molecule has 1 fully saturated rings. The summed E-state index contributed by atoms with van der Waals surface area (Å²) in [5.74, 6) is -0.366. The van der Waals surface area contributed by atoms with E-state index in [4.69, 9.17) is 0 Å². The first-order valence-electron chi connectivity index (χ1n) is 12.3. The summed E-state index contributed by atoms with van der Waals surface area (Å²) in [5.41, 5.74) is 6.85. The number of anilines is 1. The molecular weight excluding hydrogens is 493 g/mol. The number of rotatable bonds is 6. The highest BCUT2D eigenvalue weighted by Gasteiger charge is 2.31. The van der Waals surface area contributed by atoms with E-state index < -0.39 is 11.7 Å². The van der Waals surface area contributed by atoms with E-state index in [9.17, 15) is 18.0 Å². The molecule has 1 saturated heterocycles. The molecule has 38 heavy (non-hydrogen) atoms. The van der Waals surface area contributed by atoms with Crippen LogP contribution in [-0.2, 0) is 12.7 Å². The average Bonchev–Trinajstić information content (AvgIpc) is 3.23. The zero-order valence-electron chi connectivity index (χ0n) is 20.8. The molecule has 7 nitrogen and oxygen atoms in total. The molecule has 0 radical (unpaired) electrons. The summed E-state index contributed by atoms with van der Waals surface area (Å²) in [6, 6.07) is 17.4. The summed E-state index contributed by atoms with van der Waals surface area (Å²) in [6.07, 6.45) is 0.0400. The lowest BCUT2D eigenvalue weighted by molar-refractivity contribution is -0.137. The molecule has 0 saturated carbocycles. The predicted molar refractivity (Wildman–Crippen MR) is 139 cm³/mol. The van der Waals surface area contributed by atoms with Crippen LogP contribution in [0.5, 0.6) is 0 Å². The molecule has 196 valence electrons. The van der Waals surface area contributed by atoms with Gasteiger partial charge in [-0.25, -0.2) is 4.98 Å².